The molecule has 0 aliphatic carbocycles. The van der Waals surface area contributed by atoms with Crippen molar-refractivity contribution in [3.8, 4) is 33.4 Å². The molecule has 2 aromatic heterocycles. The third-order valence-corrected chi connectivity index (χ3v) is 13.7. The number of hydrogen-bond acceptors (Lipinski definition) is 2. The normalized spacial score (nSPS) is 12.1. The summed E-state index contributed by atoms with van der Waals surface area (Å²) in [6.45, 7) is 0. The molecule has 0 nitrogen and oxygen atoms in total. The molecule has 2 heterocycles. The van der Waals surface area contributed by atoms with E-state index in [1.807, 2.05) is 22.7 Å². The highest BCUT2D eigenvalue weighted by molar-refractivity contribution is 7.26. The van der Waals surface area contributed by atoms with Gasteiger partial charge in [-0.3, -0.25) is 0 Å². The summed E-state index contributed by atoms with van der Waals surface area (Å²) in [6, 6.07) is 67.9. The number of thiophene rings is 2. The van der Waals surface area contributed by atoms with E-state index in [1.54, 1.807) is 0 Å². The summed E-state index contributed by atoms with van der Waals surface area (Å²) in [6.07, 6.45) is 0. The Morgan fingerprint density at radius 1 is 0.241 bits per heavy atom. The summed E-state index contributed by atoms with van der Waals surface area (Å²) in [5.41, 5.74) is 7.58. The minimum absolute atomic E-state index is 1.24. The minimum atomic E-state index is 1.24. The Morgan fingerprint density at radius 3 is 1.46 bits per heavy atom. The average Bonchev–Trinajstić information content (AvgIpc) is 3.79. The summed E-state index contributed by atoms with van der Waals surface area (Å²) >= 11 is 3.80. The highest BCUT2D eigenvalue weighted by Gasteiger charge is 2.19. The first kappa shape index (κ1) is 30.2. The summed E-state index contributed by atoms with van der Waals surface area (Å²) in [4.78, 5) is 0. The molecule has 54 heavy (non-hydrogen) atoms. The van der Waals surface area contributed by atoms with Crippen molar-refractivity contribution in [3.63, 3.8) is 0 Å². The molecule has 0 aliphatic heterocycles. The van der Waals surface area contributed by atoms with Gasteiger partial charge < -0.3 is 0 Å². The molecule has 0 amide bonds. The van der Waals surface area contributed by atoms with Crippen LogP contribution in [0.1, 0.15) is 0 Å². The third-order valence-electron chi connectivity index (χ3n) is 11.4. The van der Waals surface area contributed by atoms with Crippen LogP contribution in [0, 0.1) is 0 Å². The van der Waals surface area contributed by atoms with Crippen LogP contribution in [0.2, 0.25) is 0 Å². The first-order chi connectivity index (χ1) is 26.7. The van der Waals surface area contributed by atoms with Crippen molar-refractivity contribution >= 4 is 106 Å². The topological polar surface area (TPSA) is 0 Å². The Kier molecular flexibility index (Phi) is 6.48. The molecule has 0 saturated carbocycles. The molecule has 0 spiro atoms. The molecule has 0 N–H and O–H groups in total. The SMILES string of the molecule is c1ccc(-c2ccc3cc(-c4c5ccccc5c(-c5ccc6sc7cc8c(ccc9sc%10ccccc%10c98)cc7c6c5)c5ccccc45)ccc3c2)cc1. The maximum atomic E-state index is 2.45. The molecule has 0 unspecified atom stereocenters. The predicted octanol–water partition coefficient (Wildman–Crippen LogP) is 16.0. The van der Waals surface area contributed by atoms with Crippen LogP contribution in [0.25, 0.3) is 117 Å². The van der Waals surface area contributed by atoms with E-state index in [9.17, 15) is 0 Å². The second-order valence-corrected chi connectivity index (χ2v) is 16.6. The Morgan fingerprint density at radius 2 is 0.741 bits per heavy atom. The Hall–Kier alpha value is -6.32. The first-order valence-corrected chi connectivity index (χ1v) is 20.1. The van der Waals surface area contributed by atoms with Crippen molar-refractivity contribution in [2.75, 3.05) is 0 Å². The average molecular weight is 719 g/mol. The van der Waals surface area contributed by atoms with Gasteiger partial charge in [-0.25, -0.2) is 0 Å². The van der Waals surface area contributed by atoms with Crippen LogP contribution < -0.4 is 0 Å². The second kappa shape index (κ2) is 11.6. The van der Waals surface area contributed by atoms with Gasteiger partial charge in [-0.05, 0) is 125 Å². The van der Waals surface area contributed by atoms with Crippen molar-refractivity contribution in [2.24, 2.45) is 0 Å². The van der Waals surface area contributed by atoms with Gasteiger partial charge in [0.1, 0.15) is 0 Å². The van der Waals surface area contributed by atoms with E-state index < -0.39 is 0 Å². The highest BCUT2D eigenvalue weighted by atomic mass is 32.1. The van der Waals surface area contributed by atoms with Gasteiger partial charge in [0, 0.05) is 40.3 Å². The summed E-state index contributed by atoms with van der Waals surface area (Å²) in [5, 5.41) is 15.7. The zero-order valence-corrected chi connectivity index (χ0v) is 30.8. The van der Waals surface area contributed by atoms with Crippen molar-refractivity contribution in [1.29, 1.82) is 0 Å². The molecule has 10 aromatic carbocycles. The third kappa shape index (κ3) is 4.48. The lowest BCUT2D eigenvalue weighted by molar-refractivity contribution is 1.64. The monoisotopic (exact) mass is 718 g/mol. The number of rotatable bonds is 3. The zero-order chi connectivity index (χ0) is 35.3. The van der Waals surface area contributed by atoms with Crippen molar-refractivity contribution in [1.82, 2.24) is 0 Å². The van der Waals surface area contributed by atoms with Crippen LogP contribution in [0.3, 0.4) is 0 Å². The highest BCUT2D eigenvalue weighted by Crippen LogP contribution is 2.47. The van der Waals surface area contributed by atoms with E-state index in [0.717, 1.165) is 0 Å². The largest absolute Gasteiger partial charge is 0.135 e. The van der Waals surface area contributed by atoms with Crippen molar-refractivity contribution in [2.45, 2.75) is 0 Å². The Balaban J connectivity index is 1.06. The minimum Gasteiger partial charge on any atom is -0.135 e. The van der Waals surface area contributed by atoms with Crippen molar-refractivity contribution in [3.05, 3.63) is 182 Å². The predicted molar refractivity (Wildman–Crippen MR) is 239 cm³/mol. The van der Waals surface area contributed by atoms with Gasteiger partial charge in [0.2, 0.25) is 0 Å². The number of fused-ring (bicyclic) bond motifs is 11. The van der Waals surface area contributed by atoms with Crippen LogP contribution in [0.4, 0.5) is 0 Å². The molecule has 12 aromatic rings. The van der Waals surface area contributed by atoms with Gasteiger partial charge in [0.05, 0.1) is 0 Å². The van der Waals surface area contributed by atoms with Gasteiger partial charge in [-0.15, -0.1) is 22.7 Å². The van der Waals surface area contributed by atoms with Crippen LogP contribution in [-0.2, 0) is 0 Å². The standard InChI is InChI=1S/C52H30S2/c1-2-10-31(11-3-1)32-18-19-34-27-36(21-20-33(34)26-32)50-38-12-4-6-14-40(38)51(41-15-7-5-13-39(41)50)37-23-24-47-44(29-37)45-28-35-22-25-48-52(43(35)30-49(45)54-47)42-16-8-9-17-46(42)53-48/h1-30H. The quantitative estimate of drug-likeness (QED) is 0.160. The molecular weight excluding hydrogens is 689 g/mol. The smallest absolute Gasteiger partial charge is 0.0362 e. The second-order valence-electron chi connectivity index (χ2n) is 14.4. The van der Waals surface area contributed by atoms with Crippen LogP contribution >= 0.6 is 22.7 Å². The van der Waals surface area contributed by atoms with E-state index >= 15 is 0 Å². The molecule has 0 bridgehead atoms. The maximum absolute atomic E-state index is 2.45. The van der Waals surface area contributed by atoms with E-state index in [2.05, 4.69) is 182 Å². The lowest BCUT2D eigenvalue weighted by Crippen LogP contribution is -1.91. The van der Waals surface area contributed by atoms with Gasteiger partial charge in [-0.1, -0.05) is 133 Å². The van der Waals surface area contributed by atoms with Gasteiger partial charge in [0.25, 0.3) is 0 Å². The molecule has 250 valence electrons. The molecule has 2 heteroatoms. The molecule has 0 radical (unpaired) electrons. The number of hydrogen-bond donors (Lipinski definition) is 0. The van der Waals surface area contributed by atoms with Crippen molar-refractivity contribution < 1.29 is 0 Å². The zero-order valence-electron chi connectivity index (χ0n) is 29.1. The molecular formula is C52H30S2. The van der Waals surface area contributed by atoms with Crippen LogP contribution in [0.15, 0.2) is 182 Å². The molecule has 0 saturated heterocycles. The van der Waals surface area contributed by atoms with E-state index in [-0.39, 0.29) is 0 Å². The Labute approximate surface area is 319 Å². The van der Waals surface area contributed by atoms with Gasteiger partial charge in [-0.2, -0.15) is 0 Å². The van der Waals surface area contributed by atoms with E-state index in [0.29, 0.717) is 0 Å². The summed E-state index contributed by atoms with van der Waals surface area (Å²) < 4.78 is 5.38. The van der Waals surface area contributed by atoms with Gasteiger partial charge >= 0.3 is 0 Å². The molecule has 0 aliphatic rings. The van der Waals surface area contributed by atoms with E-state index in [4.69, 9.17) is 0 Å². The summed E-state index contributed by atoms with van der Waals surface area (Å²) in [5.74, 6) is 0. The summed E-state index contributed by atoms with van der Waals surface area (Å²) in [7, 11) is 0. The molecule has 0 fully saturated rings. The maximum Gasteiger partial charge on any atom is 0.0362 e. The number of benzene rings is 10. The molecule has 12 rings (SSSR count). The fourth-order valence-corrected chi connectivity index (χ4v) is 11.2. The lowest BCUT2D eigenvalue weighted by Gasteiger charge is -2.18. The fraction of sp³-hybridized carbons (Fsp3) is 0. The van der Waals surface area contributed by atoms with Crippen LogP contribution in [-0.4, -0.2) is 0 Å². The first-order valence-electron chi connectivity index (χ1n) is 18.5. The molecule has 0 atom stereocenters. The fourth-order valence-electron chi connectivity index (χ4n) is 8.94. The van der Waals surface area contributed by atoms with Crippen LogP contribution in [0.5, 0.6) is 0 Å². The van der Waals surface area contributed by atoms with Gasteiger partial charge in [0.15, 0.2) is 0 Å². The lowest BCUT2D eigenvalue weighted by atomic mass is 9.85. The van der Waals surface area contributed by atoms with E-state index in [1.165, 1.54) is 117 Å². The Bertz CT molecular complexity index is 3430.